The van der Waals surface area contributed by atoms with Crippen molar-refractivity contribution in [3.63, 3.8) is 0 Å². The molecule has 0 aromatic heterocycles. The summed E-state index contributed by atoms with van der Waals surface area (Å²) in [5.41, 5.74) is 4.33. The molecule has 258 valence electrons. The molecule has 3 aromatic carbocycles. The largest absolute Gasteiger partial charge is 0.493 e. The summed E-state index contributed by atoms with van der Waals surface area (Å²) in [5.74, 6) is 0.795. The van der Waals surface area contributed by atoms with Crippen LogP contribution in [0.2, 0.25) is 0 Å². The number of benzene rings is 3. The van der Waals surface area contributed by atoms with Crippen LogP contribution >= 0.6 is 0 Å². The molecule has 8 nitrogen and oxygen atoms in total. The van der Waals surface area contributed by atoms with Gasteiger partial charge in [0.1, 0.15) is 17.5 Å². The van der Waals surface area contributed by atoms with E-state index < -0.39 is 17.8 Å². The number of anilines is 1. The van der Waals surface area contributed by atoms with Gasteiger partial charge in [0.2, 0.25) is 0 Å². The van der Waals surface area contributed by atoms with Gasteiger partial charge in [0.15, 0.2) is 0 Å². The Balaban J connectivity index is 1.27. The summed E-state index contributed by atoms with van der Waals surface area (Å²) >= 11 is 0. The molecule has 0 unspecified atom stereocenters. The van der Waals surface area contributed by atoms with E-state index in [-0.39, 0.29) is 11.6 Å². The fourth-order valence-corrected chi connectivity index (χ4v) is 5.71. The van der Waals surface area contributed by atoms with Crippen molar-refractivity contribution < 1.29 is 23.8 Å². The standard InChI is InChI=1S/C40H53N3O5/c1-39(2,3)43-32-18-22-34(23-19-32)47-38(45)42-36-28-30(17-24-35(36)31-13-8-7-9-14-31)12-10-11-27-46-33-20-15-29(16-21-33)25-26-41-37(44)48-40(4,5)6/h7-10,12-17,20-21,24,28,32,34,43H,11,18-19,22-23,25-27H2,1-6H3,(H,41,44)(H,42,45)/b12-10+/t32-,34-. The molecule has 0 atom stereocenters. The lowest BCUT2D eigenvalue weighted by Crippen LogP contribution is -2.46. The van der Waals surface area contributed by atoms with Crippen LogP contribution in [-0.4, -0.2) is 48.6 Å². The highest BCUT2D eigenvalue weighted by molar-refractivity contribution is 5.92. The SMILES string of the molecule is CC(C)(C)N[C@H]1CC[C@H](OC(=O)Nc2cc(/C=C/CCOc3ccc(CCNC(=O)OC(C)(C)C)cc3)ccc2-c2ccccc2)CC1. The second-order valence-electron chi connectivity index (χ2n) is 14.4. The fourth-order valence-electron chi connectivity index (χ4n) is 5.71. The Morgan fingerprint density at radius 1 is 0.854 bits per heavy atom. The van der Waals surface area contributed by atoms with Crippen molar-refractivity contribution in [2.75, 3.05) is 18.5 Å². The van der Waals surface area contributed by atoms with E-state index in [4.69, 9.17) is 14.2 Å². The second-order valence-corrected chi connectivity index (χ2v) is 14.4. The van der Waals surface area contributed by atoms with E-state index in [0.29, 0.717) is 31.3 Å². The van der Waals surface area contributed by atoms with Crippen molar-refractivity contribution in [3.05, 3.63) is 90.0 Å². The zero-order valence-corrected chi connectivity index (χ0v) is 29.4. The van der Waals surface area contributed by atoms with E-state index in [1.54, 1.807) is 0 Å². The average molecular weight is 656 g/mol. The number of ether oxygens (including phenoxy) is 3. The van der Waals surface area contributed by atoms with Crippen molar-refractivity contribution in [3.8, 4) is 16.9 Å². The summed E-state index contributed by atoms with van der Waals surface area (Å²) in [4.78, 5) is 24.9. The van der Waals surface area contributed by atoms with Crippen LogP contribution in [0.5, 0.6) is 5.75 Å². The number of carbonyl (C=O) groups is 2. The lowest BCUT2D eigenvalue weighted by atomic mass is 9.91. The molecule has 8 heteroatoms. The number of rotatable bonds is 12. The highest BCUT2D eigenvalue weighted by atomic mass is 16.6. The molecule has 0 saturated heterocycles. The van der Waals surface area contributed by atoms with Gasteiger partial charge in [0, 0.05) is 23.7 Å². The van der Waals surface area contributed by atoms with Crippen LogP contribution < -0.4 is 20.7 Å². The fraction of sp³-hybridized carbons (Fsp3) is 0.450. The minimum atomic E-state index is -0.509. The molecule has 1 aliphatic rings. The normalized spacial score (nSPS) is 16.7. The third-order valence-corrected chi connectivity index (χ3v) is 7.82. The number of hydrogen-bond acceptors (Lipinski definition) is 6. The smallest absolute Gasteiger partial charge is 0.411 e. The number of amides is 2. The predicted octanol–water partition coefficient (Wildman–Crippen LogP) is 9.15. The molecule has 48 heavy (non-hydrogen) atoms. The van der Waals surface area contributed by atoms with Crippen LogP contribution in [0.25, 0.3) is 17.2 Å². The predicted molar refractivity (Wildman–Crippen MR) is 194 cm³/mol. The Labute approximate surface area is 286 Å². The van der Waals surface area contributed by atoms with Gasteiger partial charge >= 0.3 is 12.2 Å². The number of alkyl carbamates (subject to hydrolysis) is 1. The van der Waals surface area contributed by atoms with Gasteiger partial charge in [-0.25, -0.2) is 9.59 Å². The molecule has 1 fully saturated rings. The third-order valence-electron chi connectivity index (χ3n) is 7.82. The molecule has 1 saturated carbocycles. The quantitative estimate of drug-likeness (QED) is 0.168. The van der Waals surface area contributed by atoms with E-state index in [0.717, 1.165) is 60.1 Å². The van der Waals surface area contributed by atoms with Crippen LogP contribution in [0.4, 0.5) is 15.3 Å². The average Bonchev–Trinajstić information content (AvgIpc) is 3.01. The molecule has 0 heterocycles. The summed E-state index contributed by atoms with van der Waals surface area (Å²) in [6, 6.07) is 24.5. The van der Waals surface area contributed by atoms with Crippen molar-refractivity contribution in [2.24, 2.45) is 0 Å². The number of nitrogens with one attached hydrogen (secondary N) is 3. The van der Waals surface area contributed by atoms with Gasteiger partial charge in [0.25, 0.3) is 0 Å². The maximum absolute atomic E-state index is 13.1. The highest BCUT2D eigenvalue weighted by Crippen LogP contribution is 2.30. The van der Waals surface area contributed by atoms with Crippen LogP contribution in [-0.2, 0) is 15.9 Å². The monoisotopic (exact) mass is 655 g/mol. The molecular weight excluding hydrogens is 602 g/mol. The van der Waals surface area contributed by atoms with Crippen molar-refractivity contribution in [2.45, 2.75) is 103 Å². The zero-order chi connectivity index (χ0) is 34.6. The van der Waals surface area contributed by atoms with E-state index in [1.807, 2.05) is 93.6 Å². The molecule has 0 aliphatic heterocycles. The van der Waals surface area contributed by atoms with Gasteiger partial charge in [-0.1, -0.05) is 66.7 Å². The first kappa shape index (κ1) is 36.5. The summed E-state index contributed by atoms with van der Waals surface area (Å²) in [7, 11) is 0. The van der Waals surface area contributed by atoms with Crippen molar-refractivity contribution >= 4 is 23.9 Å². The Bertz CT molecular complexity index is 1480. The Morgan fingerprint density at radius 2 is 1.56 bits per heavy atom. The minimum Gasteiger partial charge on any atom is -0.493 e. The first-order valence-electron chi connectivity index (χ1n) is 17.1. The molecule has 0 spiro atoms. The van der Waals surface area contributed by atoms with Crippen LogP contribution in [0.3, 0.4) is 0 Å². The zero-order valence-electron chi connectivity index (χ0n) is 29.4. The Kier molecular flexibility index (Phi) is 13.1. The summed E-state index contributed by atoms with van der Waals surface area (Å²) in [6.45, 7) is 13.1. The van der Waals surface area contributed by atoms with Crippen LogP contribution in [0, 0.1) is 0 Å². The third kappa shape index (κ3) is 13.1. The summed E-state index contributed by atoms with van der Waals surface area (Å²) in [5, 5.41) is 9.49. The molecule has 1 aliphatic carbocycles. The summed E-state index contributed by atoms with van der Waals surface area (Å²) < 4.78 is 17.1. The van der Waals surface area contributed by atoms with E-state index in [9.17, 15) is 9.59 Å². The van der Waals surface area contributed by atoms with Crippen LogP contribution in [0.1, 0.15) is 84.8 Å². The van der Waals surface area contributed by atoms with Gasteiger partial charge < -0.3 is 24.8 Å². The lowest BCUT2D eigenvalue weighted by molar-refractivity contribution is 0.0528. The van der Waals surface area contributed by atoms with E-state index in [2.05, 4.69) is 48.9 Å². The van der Waals surface area contributed by atoms with Gasteiger partial charge in [-0.05, 0) is 115 Å². The first-order valence-corrected chi connectivity index (χ1v) is 17.1. The molecule has 0 radical (unpaired) electrons. The topological polar surface area (TPSA) is 97.9 Å². The molecule has 0 bridgehead atoms. The molecule has 3 N–H and O–H groups in total. The van der Waals surface area contributed by atoms with Gasteiger partial charge in [0.05, 0.1) is 12.3 Å². The van der Waals surface area contributed by atoms with Crippen molar-refractivity contribution in [1.29, 1.82) is 0 Å². The van der Waals surface area contributed by atoms with Gasteiger partial charge in [-0.2, -0.15) is 0 Å². The number of carbonyl (C=O) groups excluding carboxylic acids is 2. The van der Waals surface area contributed by atoms with E-state index >= 15 is 0 Å². The Hall–Kier alpha value is -4.30. The first-order chi connectivity index (χ1) is 22.8. The molecular formula is C40H53N3O5. The molecule has 3 aromatic rings. The van der Waals surface area contributed by atoms with Crippen molar-refractivity contribution in [1.82, 2.24) is 10.6 Å². The van der Waals surface area contributed by atoms with Gasteiger partial charge in [-0.3, -0.25) is 5.32 Å². The van der Waals surface area contributed by atoms with Crippen LogP contribution in [0.15, 0.2) is 78.9 Å². The lowest BCUT2D eigenvalue weighted by Gasteiger charge is -2.34. The molecule has 2 amide bonds. The summed E-state index contributed by atoms with van der Waals surface area (Å²) in [6.07, 6.45) is 8.33. The maximum Gasteiger partial charge on any atom is 0.411 e. The number of hydrogen-bond donors (Lipinski definition) is 3. The van der Waals surface area contributed by atoms with Gasteiger partial charge in [-0.15, -0.1) is 0 Å². The maximum atomic E-state index is 13.1. The van der Waals surface area contributed by atoms with E-state index in [1.165, 1.54) is 0 Å². The highest BCUT2D eigenvalue weighted by Gasteiger charge is 2.26. The molecule has 4 rings (SSSR count). The second kappa shape index (κ2) is 17.2. The Morgan fingerprint density at radius 3 is 2.23 bits per heavy atom. The minimum absolute atomic E-state index is 0.0774.